The smallest absolute Gasteiger partial charge is 0.254 e. The number of amides is 4. The van der Waals surface area contributed by atoms with Crippen molar-refractivity contribution in [1.29, 1.82) is 0 Å². The van der Waals surface area contributed by atoms with Crippen molar-refractivity contribution in [1.82, 2.24) is 4.90 Å². The molecule has 3 fully saturated rings. The van der Waals surface area contributed by atoms with E-state index in [1.165, 1.54) is 13.0 Å². The Morgan fingerprint density at radius 3 is 2.34 bits per heavy atom. The first-order valence-corrected chi connectivity index (χ1v) is 15.5. The molecule has 212 valence electrons. The molecule has 12 heteroatoms. The molecule has 6 atom stereocenters. The normalized spacial score (nSPS) is 32.6. The zero-order valence-corrected chi connectivity index (χ0v) is 26.1. The third kappa shape index (κ3) is 3.79. The van der Waals surface area contributed by atoms with Crippen molar-refractivity contribution in [2.75, 3.05) is 10.4 Å². The van der Waals surface area contributed by atoms with Crippen LogP contribution in [0.4, 0.5) is 5.69 Å². The number of benzene rings is 2. The molecule has 4 amide bonds. The average molecular weight is 725 g/mol. The number of imide groups is 2. The number of carbonyl (C=O) groups is 5. The van der Waals surface area contributed by atoms with Crippen molar-refractivity contribution in [3.05, 3.63) is 69.7 Å². The molecule has 2 aromatic carbocycles. The number of ketones is 1. The van der Waals surface area contributed by atoms with Crippen LogP contribution in [-0.4, -0.2) is 54.6 Å². The summed E-state index contributed by atoms with van der Waals surface area (Å²) in [7, 11) is 0. The van der Waals surface area contributed by atoms with Gasteiger partial charge in [-0.05, 0) is 68.1 Å². The number of anilines is 1. The Kier molecular flexibility index (Phi) is 6.80. The minimum absolute atomic E-state index is 0.137. The molecule has 0 bridgehead atoms. The van der Waals surface area contributed by atoms with Gasteiger partial charge in [0.25, 0.3) is 11.8 Å². The number of hydrogen-bond acceptors (Lipinski definition) is 6. The van der Waals surface area contributed by atoms with Crippen LogP contribution in [0.25, 0.3) is 0 Å². The molecule has 1 N–H and O–H groups in total. The minimum Gasteiger partial charge on any atom is -0.508 e. The number of likely N-dealkylation sites (tertiary alicyclic amines) is 1. The Balaban J connectivity index is 1.50. The molecule has 8 nitrogen and oxygen atoms in total. The van der Waals surface area contributed by atoms with Crippen molar-refractivity contribution in [2.24, 2.45) is 17.8 Å². The summed E-state index contributed by atoms with van der Waals surface area (Å²) in [6.45, 7) is 1.43. The molecule has 2 aromatic rings. The molecular weight excluding hydrogens is 703 g/mol. The topological polar surface area (TPSA) is 112 Å². The Morgan fingerprint density at radius 1 is 1.02 bits per heavy atom. The molecule has 0 unspecified atom stereocenters. The highest BCUT2D eigenvalue weighted by Crippen LogP contribution is 2.66. The second kappa shape index (κ2) is 9.76. The number of nitrogens with zero attached hydrogens (tertiary/aromatic N) is 2. The monoisotopic (exact) mass is 722 g/mol. The van der Waals surface area contributed by atoms with E-state index in [9.17, 15) is 29.1 Å². The van der Waals surface area contributed by atoms with Crippen molar-refractivity contribution < 1.29 is 29.1 Å². The van der Waals surface area contributed by atoms with E-state index >= 15 is 0 Å². The third-order valence-corrected chi connectivity index (χ3v) is 11.3. The summed E-state index contributed by atoms with van der Waals surface area (Å²) >= 11 is 21.0. The first kappa shape index (κ1) is 28.6. The van der Waals surface area contributed by atoms with Gasteiger partial charge in [-0.1, -0.05) is 43.5 Å². The number of fused-ring (bicyclic) bond motifs is 4. The molecule has 2 aliphatic heterocycles. The lowest BCUT2D eigenvalue weighted by molar-refractivity contribution is -0.138. The summed E-state index contributed by atoms with van der Waals surface area (Å²) in [5.74, 6) is -5.93. The summed E-state index contributed by atoms with van der Waals surface area (Å²) in [5.41, 5.74) is 1.50. The van der Waals surface area contributed by atoms with E-state index in [2.05, 4.69) is 31.9 Å². The van der Waals surface area contributed by atoms with Gasteiger partial charge in [-0.3, -0.25) is 33.8 Å². The number of Topliss-reactive ketones (excluding diaryl/α,β-unsaturated/α-hetero) is 1. The maximum absolute atomic E-state index is 14.0. The number of phenolic OH excluding ortho intramolecular Hbond substituents is 1. The second-order valence-electron chi connectivity index (χ2n) is 10.8. The summed E-state index contributed by atoms with van der Waals surface area (Å²) in [6.07, 6.45) is 1.85. The second-order valence-corrected chi connectivity index (χ2v) is 13.5. The van der Waals surface area contributed by atoms with Gasteiger partial charge in [-0.15, -0.1) is 23.2 Å². The van der Waals surface area contributed by atoms with E-state index < -0.39 is 57.0 Å². The first-order valence-electron chi connectivity index (χ1n) is 12.8. The van der Waals surface area contributed by atoms with Crippen molar-refractivity contribution in [2.45, 2.75) is 35.4 Å². The summed E-state index contributed by atoms with van der Waals surface area (Å²) in [5, 5.41) is 11.0. The molecule has 1 saturated carbocycles. The van der Waals surface area contributed by atoms with E-state index in [4.69, 9.17) is 23.2 Å². The highest BCUT2D eigenvalue weighted by molar-refractivity contribution is 9.10. The molecular formula is C29H22Br2Cl2N2O6. The number of phenols is 1. The number of allylic oxidation sites excluding steroid dienone is 2. The van der Waals surface area contributed by atoms with E-state index in [1.54, 1.807) is 42.5 Å². The lowest BCUT2D eigenvalue weighted by atomic mass is 9.56. The lowest BCUT2D eigenvalue weighted by Gasteiger charge is -2.50. The van der Waals surface area contributed by atoms with Crippen LogP contribution in [0.3, 0.4) is 0 Å². The predicted octanol–water partition coefficient (Wildman–Crippen LogP) is 5.27. The highest BCUT2D eigenvalue weighted by atomic mass is 79.9. The zero-order valence-electron chi connectivity index (χ0n) is 21.4. The summed E-state index contributed by atoms with van der Waals surface area (Å²) < 4.78 is 0.601. The SMILES string of the molecule is CC(=O)c1ccc(N2C(=O)[C@H]3[C@H](CC=C4[C@H]3C[C@@]3(Cl)C(=O)N(CBr)C(=O)[C@@]3(Cl)[C@H]4c3cc(Br)ccc3O)C2=O)cc1. The van der Waals surface area contributed by atoms with Crippen LogP contribution in [0, 0.1) is 17.8 Å². The maximum Gasteiger partial charge on any atom is 0.254 e. The standard InChI is InChI=1S/C29H22Br2Cl2N2O6/c1-13(36)14-2-5-16(6-3-14)35-24(38)18-8-7-17-20(22(18)25(35)39)11-28(32)26(40)34(12-30)27(41)29(28,33)23(17)19-10-15(31)4-9-21(19)37/h2-7,9-10,18,20,22-23,37H,8,11-12H2,1H3/t18-,20+,22-,23+,28+,29-/m0/s1. The maximum atomic E-state index is 14.0. The van der Waals surface area contributed by atoms with Crippen LogP contribution < -0.4 is 4.90 Å². The predicted molar refractivity (Wildman–Crippen MR) is 158 cm³/mol. The van der Waals surface area contributed by atoms with Crippen LogP contribution in [0.2, 0.25) is 0 Å². The average Bonchev–Trinajstić information content (AvgIpc) is 3.28. The molecule has 2 aliphatic carbocycles. The highest BCUT2D eigenvalue weighted by Gasteiger charge is 2.76. The van der Waals surface area contributed by atoms with Crippen LogP contribution >= 0.6 is 55.1 Å². The minimum atomic E-state index is -2.00. The van der Waals surface area contributed by atoms with Crippen LogP contribution in [0.1, 0.15) is 41.6 Å². The number of hydrogen-bond donors (Lipinski definition) is 1. The van der Waals surface area contributed by atoms with Gasteiger partial charge in [-0.2, -0.15) is 0 Å². The quantitative estimate of drug-likeness (QED) is 0.151. The molecule has 2 heterocycles. The van der Waals surface area contributed by atoms with Gasteiger partial charge >= 0.3 is 0 Å². The van der Waals surface area contributed by atoms with Crippen molar-refractivity contribution >= 4 is 90.2 Å². The first-order chi connectivity index (χ1) is 19.4. The van der Waals surface area contributed by atoms with Crippen LogP contribution in [-0.2, 0) is 19.2 Å². The third-order valence-electron chi connectivity index (χ3n) is 8.85. The Morgan fingerprint density at radius 2 is 1.71 bits per heavy atom. The zero-order chi connectivity index (χ0) is 29.6. The number of alkyl halides is 3. The molecule has 41 heavy (non-hydrogen) atoms. The fraction of sp³-hybridized carbons (Fsp3) is 0.345. The Labute approximate surface area is 261 Å². The van der Waals surface area contributed by atoms with Gasteiger partial charge in [0.1, 0.15) is 5.75 Å². The van der Waals surface area contributed by atoms with E-state index in [-0.39, 0.29) is 35.4 Å². The summed E-state index contributed by atoms with van der Waals surface area (Å²) in [6, 6.07) is 10.9. The molecule has 0 radical (unpaired) electrons. The van der Waals surface area contributed by atoms with Gasteiger partial charge in [0.2, 0.25) is 11.8 Å². The van der Waals surface area contributed by atoms with Gasteiger partial charge < -0.3 is 5.11 Å². The molecule has 0 spiro atoms. The van der Waals surface area contributed by atoms with Crippen molar-refractivity contribution in [3.63, 3.8) is 0 Å². The van der Waals surface area contributed by atoms with E-state index in [0.717, 1.165) is 9.80 Å². The van der Waals surface area contributed by atoms with E-state index in [1.807, 2.05) is 0 Å². The van der Waals surface area contributed by atoms with Gasteiger partial charge in [-0.25, -0.2) is 0 Å². The van der Waals surface area contributed by atoms with Crippen LogP contribution in [0.15, 0.2) is 58.6 Å². The molecule has 2 saturated heterocycles. The summed E-state index contributed by atoms with van der Waals surface area (Å²) in [4.78, 5) is 65.1. The lowest BCUT2D eigenvalue weighted by Crippen LogP contribution is -2.60. The van der Waals surface area contributed by atoms with Crippen molar-refractivity contribution in [3.8, 4) is 5.75 Å². The molecule has 4 aliphatic rings. The number of rotatable bonds is 4. The number of halogens is 4. The largest absolute Gasteiger partial charge is 0.508 e. The number of carbonyl (C=O) groups excluding carboxylic acids is 5. The van der Waals surface area contributed by atoms with Gasteiger partial charge in [0, 0.05) is 21.5 Å². The van der Waals surface area contributed by atoms with E-state index in [0.29, 0.717) is 21.3 Å². The van der Waals surface area contributed by atoms with Gasteiger partial charge in [0.05, 0.1) is 23.0 Å². The Hall–Kier alpha value is -2.53. The molecule has 0 aromatic heterocycles. The number of aromatic hydroxyl groups is 1. The Bertz CT molecular complexity index is 1600. The fourth-order valence-electron chi connectivity index (χ4n) is 6.95. The fourth-order valence-corrected chi connectivity index (χ4v) is 8.75. The van der Waals surface area contributed by atoms with Gasteiger partial charge in [0.15, 0.2) is 15.5 Å². The van der Waals surface area contributed by atoms with Crippen LogP contribution in [0.5, 0.6) is 5.75 Å². The molecule has 6 rings (SSSR count).